The molecule has 1 aromatic heterocycles. The van der Waals surface area contributed by atoms with Gasteiger partial charge in [0.2, 0.25) is 0 Å². The molecule has 1 atom stereocenters. The summed E-state index contributed by atoms with van der Waals surface area (Å²) >= 11 is 0. The van der Waals surface area contributed by atoms with Gasteiger partial charge in [-0.2, -0.15) is 0 Å². The van der Waals surface area contributed by atoms with Gasteiger partial charge in [-0.25, -0.2) is 9.97 Å². The molecule has 1 N–H and O–H groups in total. The highest BCUT2D eigenvalue weighted by Crippen LogP contribution is 2.28. The lowest BCUT2D eigenvalue weighted by molar-refractivity contribution is 0.0950. The van der Waals surface area contributed by atoms with E-state index in [1.807, 2.05) is 42.5 Å². The summed E-state index contributed by atoms with van der Waals surface area (Å²) in [6.07, 6.45) is 5.11. The van der Waals surface area contributed by atoms with Crippen molar-refractivity contribution < 1.29 is 4.79 Å². The maximum Gasteiger partial charge on any atom is 0.256 e. The van der Waals surface area contributed by atoms with Crippen LogP contribution in [0.25, 0.3) is 11.4 Å². The fourth-order valence-corrected chi connectivity index (χ4v) is 3.88. The largest absolute Gasteiger partial charge is 0.353 e. The van der Waals surface area contributed by atoms with Gasteiger partial charge >= 0.3 is 0 Å². The van der Waals surface area contributed by atoms with Gasteiger partial charge in [0.1, 0.15) is 11.4 Å². The molecule has 1 saturated heterocycles. The molecule has 1 aliphatic heterocycles. The lowest BCUT2D eigenvalue weighted by Crippen LogP contribution is -2.40. The number of hydrogen-bond donors (Lipinski definition) is 1. The number of aryl methyl sites for hydroxylation is 1. The van der Waals surface area contributed by atoms with Crippen LogP contribution in [0.15, 0.2) is 60.8 Å². The van der Waals surface area contributed by atoms with E-state index < -0.39 is 0 Å². The minimum atomic E-state index is -0.137. The molecule has 2 aromatic carbocycles. The van der Waals surface area contributed by atoms with E-state index in [0.29, 0.717) is 24.0 Å². The fourth-order valence-electron chi connectivity index (χ4n) is 3.88. The molecule has 0 spiro atoms. The molecule has 2 heterocycles. The Kier molecular flexibility index (Phi) is 6.07. The first kappa shape index (κ1) is 20.1. The number of benzene rings is 2. The number of piperidine rings is 1. The van der Waals surface area contributed by atoms with Crippen molar-refractivity contribution in [3.05, 3.63) is 77.5 Å². The molecule has 4 rings (SSSR count). The Hall–Kier alpha value is -3.21. The van der Waals surface area contributed by atoms with Gasteiger partial charge in [-0.1, -0.05) is 60.2 Å². The summed E-state index contributed by atoms with van der Waals surface area (Å²) in [4.78, 5) is 24.7. The monoisotopic (exact) mass is 400 g/mol. The molecule has 0 aliphatic carbocycles. The molecule has 1 aliphatic rings. The summed E-state index contributed by atoms with van der Waals surface area (Å²) < 4.78 is 0. The predicted molar refractivity (Wildman–Crippen MR) is 120 cm³/mol. The van der Waals surface area contributed by atoms with Crippen molar-refractivity contribution in [2.75, 3.05) is 11.4 Å². The molecule has 3 aromatic rings. The lowest BCUT2D eigenvalue weighted by Gasteiger charge is -2.35. The summed E-state index contributed by atoms with van der Waals surface area (Å²) in [6.45, 7) is 5.66. The summed E-state index contributed by atoms with van der Waals surface area (Å²) in [7, 11) is 0. The zero-order chi connectivity index (χ0) is 20.9. The van der Waals surface area contributed by atoms with Gasteiger partial charge in [-0.15, -0.1) is 0 Å². The number of anilines is 1. The number of amides is 1. The van der Waals surface area contributed by atoms with Crippen LogP contribution in [0.1, 0.15) is 47.7 Å². The summed E-state index contributed by atoms with van der Waals surface area (Å²) in [5.74, 6) is 1.25. The van der Waals surface area contributed by atoms with Crippen LogP contribution in [0.4, 0.5) is 5.82 Å². The molecule has 0 saturated carbocycles. The first-order valence-corrected chi connectivity index (χ1v) is 10.6. The number of hydrogen-bond acceptors (Lipinski definition) is 4. The first-order chi connectivity index (χ1) is 14.6. The maximum absolute atomic E-state index is 13.1. The number of rotatable bonds is 5. The Bertz CT molecular complexity index is 1000. The number of aromatic nitrogens is 2. The quantitative estimate of drug-likeness (QED) is 0.671. The van der Waals surface area contributed by atoms with Gasteiger partial charge < -0.3 is 10.2 Å². The van der Waals surface area contributed by atoms with E-state index in [1.165, 1.54) is 12.0 Å². The molecular formula is C25H28N4O. The van der Waals surface area contributed by atoms with Crippen LogP contribution in [0.3, 0.4) is 0 Å². The predicted octanol–water partition coefficient (Wildman–Crippen LogP) is 4.76. The Morgan fingerprint density at radius 3 is 2.60 bits per heavy atom. The standard InChI is InChI=1S/C25H28N4O/c1-18-11-13-21(14-12-18)23-26-17-22(24(28-23)29-15-7-6-8-19(29)2)25(30)27-16-20-9-4-3-5-10-20/h3-5,9-14,17,19H,6-8,15-16H2,1-2H3,(H,27,30)/t19-/m1/s1. The van der Waals surface area contributed by atoms with E-state index in [-0.39, 0.29) is 5.91 Å². The van der Waals surface area contributed by atoms with Gasteiger partial charge in [-0.05, 0) is 38.7 Å². The highest BCUT2D eigenvalue weighted by Gasteiger charge is 2.26. The third-order valence-corrected chi connectivity index (χ3v) is 5.69. The zero-order valence-corrected chi connectivity index (χ0v) is 17.6. The molecule has 154 valence electrons. The van der Waals surface area contributed by atoms with Gasteiger partial charge in [0.05, 0.1) is 0 Å². The topological polar surface area (TPSA) is 58.1 Å². The minimum absolute atomic E-state index is 0.137. The molecule has 30 heavy (non-hydrogen) atoms. The molecule has 1 fully saturated rings. The number of carbonyl (C=O) groups excluding carboxylic acids is 1. The second-order valence-electron chi connectivity index (χ2n) is 8.00. The SMILES string of the molecule is Cc1ccc(-c2ncc(C(=O)NCc3ccccc3)c(N3CCCC[C@H]3C)n2)cc1. The van der Waals surface area contributed by atoms with Gasteiger partial charge in [0, 0.05) is 30.9 Å². The van der Waals surface area contributed by atoms with Crippen molar-refractivity contribution in [2.45, 2.75) is 45.7 Å². The molecule has 1 amide bonds. The van der Waals surface area contributed by atoms with E-state index in [0.717, 1.165) is 36.3 Å². The van der Waals surface area contributed by atoms with E-state index >= 15 is 0 Å². The van der Waals surface area contributed by atoms with Crippen LogP contribution in [0.5, 0.6) is 0 Å². The normalized spacial score (nSPS) is 16.3. The van der Waals surface area contributed by atoms with Crippen molar-refractivity contribution in [3.8, 4) is 11.4 Å². The zero-order valence-electron chi connectivity index (χ0n) is 17.6. The lowest BCUT2D eigenvalue weighted by atomic mass is 10.0. The van der Waals surface area contributed by atoms with Crippen LogP contribution in [0.2, 0.25) is 0 Å². The van der Waals surface area contributed by atoms with E-state index in [4.69, 9.17) is 4.98 Å². The van der Waals surface area contributed by atoms with Crippen molar-refractivity contribution in [2.24, 2.45) is 0 Å². The minimum Gasteiger partial charge on any atom is -0.353 e. The van der Waals surface area contributed by atoms with Crippen LogP contribution < -0.4 is 10.2 Å². The summed E-state index contributed by atoms with van der Waals surface area (Å²) in [6, 6.07) is 18.5. The third-order valence-electron chi connectivity index (χ3n) is 5.69. The average molecular weight is 401 g/mol. The van der Waals surface area contributed by atoms with Crippen LogP contribution in [0, 0.1) is 6.92 Å². The van der Waals surface area contributed by atoms with Crippen LogP contribution in [-0.4, -0.2) is 28.5 Å². The summed E-state index contributed by atoms with van der Waals surface area (Å²) in [5.41, 5.74) is 3.76. The molecular weight excluding hydrogens is 372 g/mol. The van der Waals surface area contributed by atoms with Crippen molar-refractivity contribution >= 4 is 11.7 Å². The smallest absolute Gasteiger partial charge is 0.256 e. The van der Waals surface area contributed by atoms with Crippen molar-refractivity contribution in [1.29, 1.82) is 0 Å². The molecule has 0 bridgehead atoms. The number of carbonyl (C=O) groups is 1. The molecule has 0 radical (unpaired) electrons. The van der Waals surface area contributed by atoms with Gasteiger partial charge in [0.15, 0.2) is 5.82 Å². The van der Waals surface area contributed by atoms with E-state index in [9.17, 15) is 4.79 Å². The van der Waals surface area contributed by atoms with Crippen molar-refractivity contribution in [3.63, 3.8) is 0 Å². The molecule has 5 heteroatoms. The van der Waals surface area contributed by atoms with Crippen molar-refractivity contribution in [1.82, 2.24) is 15.3 Å². The van der Waals surface area contributed by atoms with Gasteiger partial charge in [0.25, 0.3) is 5.91 Å². The molecule has 5 nitrogen and oxygen atoms in total. The van der Waals surface area contributed by atoms with E-state index in [1.54, 1.807) is 6.20 Å². The second-order valence-corrected chi connectivity index (χ2v) is 8.00. The Morgan fingerprint density at radius 1 is 1.10 bits per heavy atom. The van der Waals surface area contributed by atoms with Gasteiger partial charge in [-0.3, -0.25) is 4.79 Å². The Labute approximate surface area is 178 Å². The number of nitrogens with zero attached hydrogens (tertiary/aromatic N) is 3. The third kappa shape index (κ3) is 4.51. The summed E-state index contributed by atoms with van der Waals surface area (Å²) in [5, 5.41) is 3.03. The maximum atomic E-state index is 13.1. The highest BCUT2D eigenvalue weighted by molar-refractivity contribution is 5.99. The average Bonchev–Trinajstić information content (AvgIpc) is 2.79. The Morgan fingerprint density at radius 2 is 1.87 bits per heavy atom. The molecule has 0 unspecified atom stereocenters. The first-order valence-electron chi connectivity index (χ1n) is 10.6. The van der Waals surface area contributed by atoms with Crippen LogP contribution >= 0.6 is 0 Å². The fraction of sp³-hybridized carbons (Fsp3) is 0.320. The van der Waals surface area contributed by atoms with E-state index in [2.05, 4.69) is 41.2 Å². The Balaban J connectivity index is 1.65. The highest BCUT2D eigenvalue weighted by atomic mass is 16.1. The second kappa shape index (κ2) is 9.08. The number of nitrogens with one attached hydrogen (secondary N) is 1. The van der Waals surface area contributed by atoms with Crippen LogP contribution in [-0.2, 0) is 6.54 Å².